The van der Waals surface area contributed by atoms with Gasteiger partial charge in [-0.05, 0) is 179 Å². The van der Waals surface area contributed by atoms with Gasteiger partial charge in [-0.3, -0.25) is 14.6 Å². The zero-order chi connectivity index (χ0) is 38.5. The summed E-state index contributed by atoms with van der Waals surface area (Å²) in [6.45, 7) is 7.91. The number of carbonyl (C=O) groups is 1. The number of sulfonamides is 1. The Morgan fingerprint density at radius 3 is 1.61 bits per heavy atom. The minimum Gasteiger partial charge on any atom is -0.387 e. The van der Waals surface area contributed by atoms with Gasteiger partial charge in [0, 0.05) is 18.5 Å². The van der Waals surface area contributed by atoms with Crippen molar-refractivity contribution in [3.8, 4) is 12.0 Å². The number of benzene rings is 2. The number of rotatable bonds is 11. The second-order valence-corrected chi connectivity index (χ2v) is 19.9. The van der Waals surface area contributed by atoms with Crippen LogP contribution < -0.4 is 9.88 Å². The van der Waals surface area contributed by atoms with Crippen molar-refractivity contribution < 1.29 is 26.4 Å². The topological polar surface area (TPSA) is 151 Å². The van der Waals surface area contributed by atoms with Crippen molar-refractivity contribution in [3.05, 3.63) is 62.2 Å². The van der Waals surface area contributed by atoms with Crippen molar-refractivity contribution in [2.24, 2.45) is 5.14 Å². The molecule has 2 unspecified atom stereocenters. The Labute approximate surface area is 323 Å². The Bertz CT molecular complexity index is 1890. The maximum atomic E-state index is 12.8. The van der Waals surface area contributed by atoms with Crippen LogP contribution in [0.3, 0.4) is 0 Å². The molecule has 2 aromatic carbocycles. The fourth-order valence-corrected chi connectivity index (χ4v) is 12.8. The van der Waals surface area contributed by atoms with Gasteiger partial charge in [0.15, 0.2) is 15.6 Å². The lowest BCUT2D eigenvalue weighted by atomic mass is 9.91. The predicted molar refractivity (Wildman–Crippen MR) is 213 cm³/mol. The fraction of sp³-hybridized carbons (Fsp3) is 0.667. The first kappa shape index (κ1) is 40.8. The Morgan fingerprint density at radius 1 is 0.722 bits per heavy atom. The Morgan fingerprint density at radius 2 is 1.17 bits per heavy atom. The number of fused-ring (bicyclic) bond motifs is 4. The van der Waals surface area contributed by atoms with Gasteiger partial charge in [-0.25, -0.2) is 22.0 Å². The summed E-state index contributed by atoms with van der Waals surface area (Å²) in [6.07, 6.45) is 19.7. The third kappa shape index (κ3) is 9.94. The number of Topliss-reactive ketones (excluding diaryl/α,β-unsaturated/α-hetero) is 1. The number of ketones is 1. The van der Waals surface area contributed by atoms with Gasteiger partial charge in [0.2, 0.25) is 10.0 Å². The van der Waals surface area contributed by atoms with E-state index in [4.69, 9.17) is 15.1 Å². The van der Waals surface area contributed by atoms with E-state index in [9.17, 15) is 21.6 Å². The number of aryl methyl sites for hydroxylation is 4. The number of nitriles is 1. The highest BCUT2D eigenvalue weighted by atomic mass is 32.2. The van der Waals surface area contributed by atoms with Crippen LogP contribution in [0.15, 0.2) is 12.1 Å². The third-order valence-corrected chi connectivity index (χ3v) is 15.1. The predicted octanol–water partition coefficient (Wildman–Crippen LogP) is 4.96. The van der Waals surface area contributed by atoms with Gasteiger partial charge in [-0.2, -0.15) is 0 Å². The Kier molecular flexibility index (Phi) is 13.6. The summed E-state index contributed by atoms with van der Waals surface area (Å²) in [6, 6.07) is 4.95. The lowest BCUT2D eigenvalue weighted by Crippen LogP contribution is -2.37. The van der Waals surface area contributed by atoms with E-state index >= 15 is 0 Å². The van der Waals surface area contributed by atoms with E-state index in [-0.39, 0.29) is 35.1 Å². The van der Waals surface area contributed by atoms with E-state index in [1.54, 1.807) is 0 Å². The van der Waals surface area contributed by atoms with Crippen molar-refractivity contribution in [2.45, 2.75) is 135 Å². The molecule has 2 aromatic rings. The minimum atomic E-state index is -3.35. The molecule has 2 heterocycles. The van der Waals surface area contributed by atoms with Crippen LogP contribution in [-0.2, 0) is 82.4 Å². The van der Waals surface area contributed by atoms with Gasteiger partial charge in [-0.15, -0.1) is 5.26 Å². The molecule has 0 radical (unpaired) electrons. The maximum absolute atomic E-state index is 12.8. The average molecular weight is 781 g/mol. The van der Waals surface area contributed by atoms with Crippen molar-refractivity contribution >= 4 is 25.6 Å². The largest absolute Gasteiger partial charge is 0.387 e. The van der Waals surface area contributed by atoms with Crippen LogP contribution >= 0.6 is 0 Å². The van der Waals surface area contributed by atoms with E-state index in [1.807, 2.05) is 13.2 Å². The van der Waals surface area contributed by atoms with E-state index in [2.05, 4.69) is 28.9 Å². The maximum Gasteiger partial charge on any atom is 0.292 e. The molecule has 54 heavy (non-hydrogen) atoms. The van der Waals surface area contributed by atoms with Gasteiger partial charge in [-0.1, -0.05) is 26.0 Å². The van der Waals surface area contributed by atoms with Gasteiger partial charge < -0.3 is 4.74 Å². The fourth-order valence-electron chi connectivity index (χ4n) is 10.2. The average Bonchev–Trinajstić information content (AvgIpc) is 3.97. The lowest BCUT2D eigenvalue weighted by Gasteiger charge is -2.22. The summed E-state index contributed by atoms with van der Waals surface area (Å²) in [5.74, 6) is 0.739. The summed E-state index contributed by atoms with van der Waals surface area (Å²) < 4.78 is 52.1. The first-order valence-corrected chi connectivity index (χ1v) is 24.0. The molecule has 4 aliphatic carbocycles. The van der Waals surface area contributed by atoms with Crippen LogP contribution in [-0.4, -0.2) is 87.9 Å². The third-order valence-electron chi connectivity index (χ3n) is 12.6. The molecule has 8 rings (SSSR count). The molecule has 0 amide bonds. The number of nitrogens with two attached hydrogens (primary N) is 1. The Hall–Kier alpha value is -2.82. The molecule has 6 aliphatic rings. The zero-order valence-electron chi connectivity index (χ0n) is 32.5. The summed E-state index contributed by atoms with van der Waals surface area (Å²) in [5, 5.41) is 13.7. The summed E-state index contributed by atoms with van der Waals surface area (Å²) in [7, 11) is -6.64. The molecule has 0 saturated carbocycles. The number of sulfone groups is 1. The molecule has 2 aliphatic heterocycles. The molecule has 0 spiro atoms. The van der Waals surface area contributed by atoms with Crippen LogP contribution in [0, 0.1) is 11.5 Å². The standard InChI is InChI=1S/C22H31NO3S.C13H13NO.C7H16N2O2S/c1-2-23-11-5-8-18(23)14-27(25,26)15-19(24)13-22-20-9-3-6-16(20)12-17-7-4-10-21(17)22;14-8-15-13-11-5-1-3-9(11)7-10-4-2-6-12(10)13;1-2-9-5-3-4-7(9)6-12(8,10)11/h12,18H,2-11,13-15H2,1H3;7H,1-6H2;7H,2-6H2,1H3,(H2,8,10,11). The normalized spacial score (nSPS) is 21.7. The number of hydrogen-bond acceptors (Lipinski definition) is 9. The summed E-state index contributed by atoms with van der Waals surface area (Å²) >= 11 is 0. The molecule has 2 atom stereocenters. The molecule has 12 heteroatoms. The highest BCUT2D eigenvalue weighted by Crippen LogP contribution is 2.40. The van der Waals surface area contributed by atoms with Crippen LogP contribution in [0.5, 0.6) is 5.75 Å². The number of hydrogen-bond donors (Lipinski definition) is 1. The first-order chi connectivity index (χ1) is 25.9. The lowest BCUT2D eigenvalue weighted by molar-refractivity contribution is -0.116. The molecule has 2 N–H and O–H groups in total. The molecule has 10 nitrogen and oxygen atoms in total. The van der Waals surface area contributed by atoms with E-state index < -0.39 is 19.9 Å². The van der Waals surface area contributed by atoms with E-state index in [1.165, 1.54) is 62.9 Å². The van der Waals surface area contributed by atoms with Gasteiger partial charge >= 0.3 is 0 Å². The Balaban J connectivity index is 0.000000154. The van der Waals surface area contributed by atoms with Crippen molar-refractivity contribution in [1.82, 2.24) is 9.80 Å². The zero-order valence-corrected chi connectivity index (χ0v) is 34.1. The number of nitrogens with zero attached hydrogens (tertiary/aromatic N) is 3. The van der Waals surface area contributed by atoms with Gasteiger partial charge in [0.1, 0.15) is 11.5 Å². The van der Waals surface area contributed by atoms with Gasteiger partial charge in [0.05, 0.1) is 11.5 Å². The van der Waals surface area contributed by atoms with Crippen LogP contribution in [0.2, 0.25) is 0 Å². The summed E-state index contributed by atoms with van der Waals surface area (Å²) in [5.41, 5.74) is 12.2. The quantitative estimate of drug-likeness (QED) is 0.312. The first-order valence-electron chi connectivity index (χ1n) is 20.5. The van der Waals surface area contributed by atoms with Crippen LogP contribution in [0.25, 0.3) is 0 Å². The second kappa shape index (κ2) is 18.0. The molecular weight excluding hydrogens is 721 g/mol. The molecule has 296 valence electrons. The molecule has 2 fully saturated rings. The summed E-state index contributed by atoms with van der Waals surface area (Å²) in [4.78, 5) is 17.2. The van der Waals surface area contributed by atoms with Gasteiger partial charge in [0.25, 0.3) is 6.26 Å². The molecule has 2 saturated heterocycles. The van der Waals surface area contributed by atoms with Crippen LogP contribution in [0.4, 0.5) is 0 Å². The van der Waals surface area contributed by atoms with E-state index in [0.717, 1.165) is 122 Å². The van der Waals surface area contributed by atoms with Crippen molar-refractivity contribution in [3.63, 3.8) is 0 Å². The van der Waals surface area contributed by atoms with Crippen molar-refractivity contribution in [2.75, 3.05) is 43.4 Å². The number of primary sulfonamides is 1. The monoisotopic (exact) mass is 780 g/mol. The highest BCUT2D eigenvalue weighted by molar-refractivity contribution is 7.92. The molecule has 0 aromatic heterocycles. The van der Waals surface area contributed by atoms with Crippen molar-refractivity contribution in [1.29, 1.82) is 5.26 Å². The molecule has 0 bridgehead atoms. The highest BCUT2D eigenvalue weighted by Gasteiger charge is 2.31. The number of carbonyl (C=O) groups excluding carboxylic acids is 1. The minimum absolute atomic E-state index is 0.0954. The number of ether oxygens (including phenoxy) is 1. The second-order valence-electron chi connectivity index (χ2n) is 16.2. The smallest absolute Gasteiger partial charge is 0.292 e. The SMILES string of the molecule is CCN1CCCC1CS(=O)(=O)CC(=O)Cc1c2c(cc3c1CCC3)CCC2.CCN1CCCC1CS(N)(=O)=O.N#COc1c2c(cc3c1CCC3)CCC2. The number of likely N-dealkylation sites (tertiary alicyclic amines) is 2. The van der Waals surface area contributed by atoms with E-state index in [0.29, 0.717) is 6.42 Å². The van der Waals surface area contributed by atoms with Crippen LogP contribution in [0.1, 0.15) is 115 Å². The molecular formula is C42H60N4O6S2.